The Morgan fingerprint density at radius 2 is 2.00 bits per heavy atom. The minimum atomic E-state index is -4.05. The fourth-order valence-corrected chi connectivity index (χ4v) is 3.49. The number of carbonyl (C=O) groups is 1. The maximum atomic E-state index is 14.2. The van der Waals surface area contributed by atoms with E-state index < -0.39 is 26.6 Å². The largest absolute Gasteiger partial charge is 0.327 e. The van der Waals surface area contributed by atoms with Crippen LogP contribution in [0.4, 0.5) is 10.1 Å². The molecule has 0 aliphatic carbocycles. The summed E-state index contributed by atoms with van der Waals surface area (Å²) in [5, 5.41) is 2.28. The predicted octanol–water partition coefficient (Wildman–Crippen LogP) is 2.43. The van der Waals surface area contributed by atoms with E-state index in [1.165, 1.54) is 14.0 Å². The highest BCUT2D eigenvalue weighted by Crippen LogP contribution is 2.29. The van der Waals surface area contributed by atoms with Crippen LogP contribution in [0, 0.1) is 11.7 Å². The summed E-state index contributed by atoms with van der Waals surface area (Å²) in [5.74, 6) is -1.21. The summed E-state index contributed by atoms with van der Waals surface area (Å²) in [6, 6.07) is 1.74. The molecule has 1 unspecified atom stereocenters. The molecular formula is C15H23ClFN3O3S. The molecule has 0 aliphatic rings. The molecule has 0 spiro atoms. The zero-order valence-corrected chi connectivity index (χ0v) is 15.7. The van der Waals surface area contributed by atoms with E-state index in [1.54, 1.807) is 0 Å². The number of hydrogen-bond donors (Lipinski definition) is 2. The lowest BCUT2D eigenvalue weighted by molar-refractivity contribution is -0.114. The van der Waals surface area contributed by atoms with Crippen molar-refractivity contribution < 1.29 is 17.6 Å². The first-order valence-electron chi connectivity index (χ1n) is 7.45. The van der Waals surface area contributed by atoms with Crippen LogP contribution in [0.2, 0.25) is 5.02 Å². The molecule has 24 heavy (non-hydrogen) atoms. The predicted molar refractivity (Wildman–Crippen MR) is 93.0 cm³/mol. The lowest BCUT2D eigenvalue weighted by Crippen LogP contribution is -2.35. The van der Waals surface area contributed by atoms with E-state index in [9.17, 15) is 17.6 Å². The highest BCUT2D eigenvalue weighted by molar-refractivity contribution is 7.89. The molecule has 3 N–H and O–H groups in total. The van der Waals surface area contributed by atoms with Crippen molar-refractivity contribution in [2.45, 2.75) is 38.1 Å². The zero-order valence-electron chi connectivity index (χ0n) is 14.1. The molecule has 1 aromatic rings. The molecule has 0 bridgehead atoms. The number of hydrogen-bond acceptors (Lipinski definition) is 4. The quantitative estimate of drug-likeness (QED) is 0.760. The zero-order chi connectivity index (χ0) is 18.7. The standard InChI is InChI=1S/C15H23ClFN3O3S/c1-9(2)13(18)5-6-20(4)24(22,23)15-7-11(16)14(8-12(15)17)19-10(3)21/h7-9,13H,5-6,18H2,1-4H3,(H,19,21). The minimum absolute atomic E-state index is 0.0186. The van der Waals surface area contributed by atoms with Gasteiger partial charge in [0.25, 0.3) is 0 Å². The van der Waals surface area contributed by atoms with Crippen LogP contribution in [0.3, 0.4) is 0 Å². The van der Waals surface area contributed by atoms with E-state index >= 15 is 0 Å². The van der Waals surface area contributed by atoms with Gasteiger partial charge in [-0.15, -0.1) is 0 Å². The average Bonchev–Trinajstić information content (AvgIpc) is 2.46. The van der Waals surface area contributed by atoms with Gasteiger partial charge in [-0.1, -0.05) is 25.4 Å². The third-order valence-electron chi connectivity index (χ3n) is 3.65. The van der Waals surface area contributed by atoms with Crippen LogP contribution in [0.15, 0.2) is 17.0 Å². The summed E-state index contributed by atoms with van der Waals surface area (Å²) in [5.41, 5.74) is 5.93. The van der Waals surface area contributed by atoms with Crippen molar-refractivity contribution in [3.8, 4) is 0 Å². The normalized spacial score (nSPS) is 13.4. The molecule has 6 nitrogen and oxygen atoms in total. The van der Waals surface area contributed by atoms with Gasteiger partial charge in [0.05, 0.1) is 10.7 Å². The molecule has 136 valence electrons. The number of amides is 1. The number of nitrogens with zero attached hydrogens (tertiary/aromatic N) is 1. The molecule has 0 radical (unpaired) electrons. The van der Waals surface area contributed by atoms with Gasteiger partial charge in [-0.25, -0.2) is 17.1 Å². The summed E-state index contributed by atoms with van der Waals surface area (Å²) < 4.78 is 40.3. The number of halogens is 2. The summed E-state index contributed by atoms with van der Waals surface area (Å²) in [6.45, 7) is 5.29. The number of benzene rings is 1. The molecule has 0 heterocycles. The molecule has 1 rings (SSSR count). The smallest absolute Gasteiger partial charge is 0.245 e. The molecule has 9 heteroatoms. The van der Waals surface area contributed by atoms with E-state index in [0.717, 1.165) is 16.4 Å². The number of nitrogens with two attached hydrogens (primary N) is 1. The monoisotopic (exact) mass is 379 g/mol. The molecule has 0 aromatic heterocycles. The number of carbonyl (C=O) groups excluding carboxylic acids is 1. The van der Waals surface area contributed by atoms with Gasteiger partial charge in [0.2, 0.25) is 15.9 Å². The van der Waals surface area contributed by atoms with Crippen LogP contribution in [-0.2, 0) is 14.8 Å². The molecule has 0 aliphatic heterocycles. The molecule has 0 saturated carbocycles. The Morgan fingerprint density at radius 1 is 1.42 bits per heavy atom. The van der Waals surface area contributed by atoms with Gasteiger partial charge in [-0.2, -0.15) is 0 Å². The highest BCUT2D eigenvalue weighted by atomic mass is 35.5. The second-order valence-corrected chi connectivity index (χ2v) is 8.39. The number of anilines is 1. The van der Waals surface area contributed by atoms with Crippen LogP contribution in [0.1, 0.15) is 27.2 Å². The van der Waals surface area contributed by atoms with E-state index in [4.69, 9.17) is 17.3 Å². The Bertz CT molecular complexity index is 710. The number of nitrogens with one attached hydrogen (secondary N) is 1. The molecular weight excluding hydrogens is 357 g/mol. The molecule has 1 aromatic carbocycles. The van der Waals surface area contributed by atoms with E-state index in [1.807, 2.05) is 13.8 Å². The number of rotatable bonds is 7. The summed E-state index contributed by atoms with van der Waals surface area (Å²) >= 11 is 5.94. The Morgan fingerprint density at radius 3 is 2.50 bits per heavy atom. The SMILES string of the molecule is CC(=O)Nc1cc(F)c(S(=O)(=O)N(C)CCC(N)C(C)C)cc1Cl. The second kappa shape index (κ2) is 8.24. The third-order valence-corrected chi connectivity index (χ3v) is 5.84. The lowest BCUT2D eigenvalue weighted by atomic mass is 10.0. The van der Waals surface area contributed by atoms with Gasteiger partial charge in [0.1, 0.15) is 10.7 Å². The van der Waals surface area contributed by atoms with Crippen molar-refractivity contribution in [3.05, 3.63) is 23.0 Å². The van der Waals surface area contributed by atoms with Crippen molar-refractivity contribution in [1.29, 1.82) is 0 Å². The van der Waals surface area contributed by atoms with Crippen LogP contribution < -0.4 is 11.1 Å². The van der Waals surface area contributed by atoms with Crippen molar-refractivity contribution in [3.63, 3.8) is 0 Å². The number of sulfonamides is 1. The van der Waals surface area contributed by atoms with Crippen LogP contribution >= 0.6 is 11.6 Å². The van der Waals surface area contributed by atoms with Crippen LogP contribution in [-0.4, -0.2) is 38.3 Å². The van der Waals surface area contributed by atoms with Crippen LogP contribution in [0.25, 0.3) is 0 Å². The van der Waals surface area contributed by atoms with Crippen molar-refractivity contribution in [2.75, 3.05) is 18.9 Å². The molecule has 1 atom stereocenters. The van der Waals surface area contributed by atoms with Gasteiger partial charge in [-0.3, -0.25) is 4.79 Å². The Hall–Kier alpha value is -1.22. The fourth-order valence-electron chi connectivity index (χ4n) is 1.96. The van der Waals surface area contributed by atoms with Crippen molar-refractivity contribution in [1.82, 2.24) is 4.31 Å². The summed E-state index contributed by atoms with van der Waals surface area (Å²) in [4.78, 5) is 10.5. The third kappa shape index (κ3) is 5.14. The lowest BCUT2D eigenvalue weighted by Gasteiger charge is -2.22. The van der Waals surface area contributed by atoms with Crippen molar-refractivity contribution >= 4 is 33.2 Å². The Labute approximate surface area is 147 Å². The van der Waals surface area contributed by atoms with Gasteiger partial charge >= 0.3 is 0 Å². The Balaban J connectivity index is 3.06. The van der Waals surface area contributed by atoms with Gasteiger partial charge < -0.3 is 11.1 Å². The first kappa shape index (κ1) is 20.8. The topological polar surface area (TPSA) is 92.5 Å². The maximum Gasteiger partial charge on any atom is 0.245 e. The van der Waals surface area contributed by atoms with E-state index in [-0.39, 0.29) is 29.2 Å². The minimum Gasteiger partial charge on any atom is -0.327 e. The maximum absolute atomic E-state index is 14.2. The van der Waals surface area contributed by atoms with Gasteiger partial charge in [0, 0.05) is 32.6 Å². The molecule has 1 amide bonds. The molecule has 0 fully saturated rings. The Kier molecular flexibility index (Phi) is 7.15. The molecule has 0 saturated heterocycles. The van der Waals surface area contributed by atoms with Gasteiger partial charge in [0.15, 0.2) is 0 Å². The second-order valence-electron chi connectivity index (χ2n) is 5.97. The van der Waals surface area contributed by atoms with Crippen molar-refractivity contribution in [2.24, 2.45) is 11.7 Å². The average molecular weight is 380 g/mol. The summed E-state index contributed by atoms with van der Waals surface area (Å²) in [6.07, 6.45) is 0.451. The van der Waals surface area contributed by atoms with E-state index in [2.05, 4.69) is 5.32 Å². The first-order chi connectivity index (χ1) is 11.0. The van der Waals surface area contributed by atoms with E-state index in [0.29, 0.717) is 6.42 Å². The highest BCUT2D eigenvalue weighted by Gasteiger charge is 2.26. The van der Waals surface area contributed by atoms with Crippen LogP contribution in [0.5, 0.6) is 0 Å². The first-order valence-corrected chi connectivity index (χ1v) is 9.27. The fraction of sp³-hybridized carbons (Fsp3) is 0.533. The summed E-state index contributed by atoms with van der Waals surface area (Å²) in [7, 11) is -2.69. The van der Waals surface area contributed by atoms with Gasteiger partial charge in [-0.05, 0) is 18.4 Å².